The number of rotatable bonds is 5. The van der Waals surface area contributed by atoms with E-state index in [1.807, 2.05) is 24.3 Å². The molecule has 1 aliphatic heterocycles. The fourth-order valence-electron chi connectivity index (χ4n) is 2.28. The quantitative estimate of drug-likeness (QED) is 0.808. The average molecular weight is 273 g/mol. The molecule has 0 saturated heterocycles. The predicted molar refractivity (Wildman–Crippen MR) is 82.4 cm³/mol. The number of nitrogens with two attached hydrogens (primary N) is 1. The van der Waals surface area contributed by atoms with Crippen molar-refractivity contribution in [3.05, 3.63) is 41.5 Å². The van der Waals surface area contributed by atoms with E-state index < -0.39 is 0 Å². The molecule has 0 aliphatic carbocycles. The molecule has 0 fully saturated rings. The van der Waals surface area contributed by atoms with Crippen LogP contribution in [0.15, 0.2) is 35.9 Å². The first-order valence-corrected chi connectivity index (χ1v) is 7.14. The van der Waals surface area contributed by atoms with Crippen LogP contribution in [-0.4, -0.2) is 30.4 Å². The monoisotopic (exact) mass is 273 g/mol. The Bertz CT molecular complexity index is 496. The lowest BCUT2D eigenvalue weighted by atomic mass is 10.1. The minimum atomic E-state index is 0.0606. The summed E-state index contributed by atoms with van der Waals surface area (Å²) in [5.74, 6) is 0.0606. The number of nitrogens with one attached hydrogen (secondary N) is 1. The smallest absolute Gasteiger partial charge is 0.225 e. The highest BCUT2D eigenvalue weighted by Crippen LogP contribution is 2.12. The lowest BCUT2D eigenvalue weighted by Gasteiger charge is -2.24. The van der Waals surface area contributed by atoms with Gasteiger partial charge < -0.3 is 11.1 Å². The fraction of sp³-hybridized carbons (Fsp3) is 0.438. The number of nitrogens with zero attached hydrogens (tertiary/aromatic N) is 1. The Kier molecular flexibility index (Phi) is 5.32. The van der Waals surface area contributed by atoms with Crippen LogP contribution >= 0.6 is 0 Å². The van der Waals surface area contributed by atoms with Crippen molar-refractivity contribution in [2.75, 3.05) is 25.0 Å². The number of benzene rings is 1. The lowest BCUT2D eigenvalue weighted by molar-refractivity contribution is -0.116. The highest BCUT2D eigenvalue weighted by molar-refractivity contribution is 5.90. The molecule has 2 rings (SSSR count). The van der Waals surface area contributed by atoms with Crippen LogP contribution in [0.2, 0.25) is 0 Å². The van der Waals surface area contributed by atoms with E-state index in [1.54, 1.807) is 0 Å². The van der Waals surface area contributed by atoms with Crippen molar-refractivity contribution in [2.45, 2.75) is 26.3 Å². The molecule has 4 nitrogen and oxygen atoms in total. The molecule has 1 aliphatic rings. The zero-order chi connectivity index (χ0) is 14.4. The fourth-order valence-corrected chi connectivity index (χ4v) is 2.28. The molecule has 0 atom stereocenters. The molecule has 1 aromatic rings. The molecule has 0 bridgehead atoms. The Morgan fingerprint density at radius 3 is 3.00 bits per heavy atom. The maximum atomic E-state index is 11.9. The lowest BCUT2D eigenvalue weighted by Crippen LogP contribution is -2.31. The third kappa shape index (κ3) is 4.47. The van der Waals surface area contributed by atoms with Crippen LogP contribution in [0.3, 0.4) is 0 Å². The Morgan fingerprint density at radius 2 is 2.30 bits per heavy atom. The first-order chi connectivity index (χ1) is 9.67. The van der Waals surface area contributed by atoms with E-state index in [0.29, 0.717) is 13.0 Å². The molecule has 20 heavy (non-hydrogen) atoms. The van der Waals surface area contributed by atoms with E-state index in [4.69, 9.17) is 5.73 Å². The van der Waals surface area contributed by atoms with Gasteiger partial charge in [0, 0.05) is 38.3 Å². The summed E-state index contributed by atoms with van der Waals surface area (Å²) in [7, 11) is 0. The molecule has 1 aromatic carbocycles. The van der Waals surface area contributed by atoms with Crippen molar-refractivity contribution in [1.82, 2.24) is 4.90 Å². The Labute approximate surface area is 120 Å². The minimum Gasteiger partial charge on any atom is -0.326 e. The average Bonchev–Trinajstić information content (AvgIpc) is 2.47. The zero-order valence-corrected chi connectivity index (χ0v) is 12.1. The summed E-state index contributed by atoms with van der Waals surface area (Å²) in [6, 6.07) is 7.68. The van der Waals surface area contributed by atoms with Crippen molar-refractivity contribution < 1.29 is 4.79 Å². The second-order valence-electron chi connectivity index (χ2n) is 5.30. The van der Waals surface area contributed by atoms with Crippen LogP contribution < -0.4 is 11.1 Å². The van der Waals surface area contributed by atoms with E-state index in [-0.39, 0.29) is 5.91 Å². The summed E-state index contributed by atoms with van der Waals surface area (Å²) in [5.41, 5.74) is 8.89. The molecule has 1 amide bonds. The summed E-state index contributed by atoms with van der Waals surface area (Å²) in [6.45, 7) is 5.48. The molecular formula is C16H23N3O. The van der Waals surface area contributed by atoms with E-state index in [9.17, 15) is 4.79 Å². The summed E-state index contributed by atoms with van der Waals surface area (Å²) in [4.78, 5) is 14.2. The van der Waals surface area contributed by atoms with Gasteiger partial charge in [-0.2, -0.15) is 0 Å². The number of anilines is 1. The standard InChI is InChI=1S/C16H23N3O/c1-13-5-8-19(9-6-13)10-7-16(20)18-15-4-2-3-14(11-15)12-17/h2-5,11H,6-10,12,17H2,1H3,(H,18,20). The third-order valence-corrected chi connectivity index (χ3v) is 3.62. The molecule has 0 unspecified atom stereocenters. The minimum absolute atomic E-state index is 0.0606. The molecule has 4 heteroatoms. The van der Waals surface area contributed by atoms with Crippen molar-refractivity contribution in [1.29, 1.82) is 0 Å². The van der Waals surface area contributed by atoms with Gasteiger partial charge in [0.15, 0.2) is 0 Å². The molecule has 0 spiro atoms. The SMILES string of the molecule is CC1=CCN(CCC(=O)Nc2cccc(CN)c2)CC1. The number of hydrogen-bond donors (Lipinski definition) is 2. The summed E-state index contributed by atoms with van der Waals surface area (Å²) in [5, 5.41) is 2.93. The van der Waals surface area contributed by atoms with Crippen LogP contribution in [0.4, 0.5) is 5.69 Å². The maximum absolute atomic E-state index is 11.9. The molecule has 1 heterocycles. The molecule has 108 valence electrons. The van der Waals surface area contributed by atoms with E-state index in [1.165, 1.54) is 5.57 Å². The number of carbonyl (C=O) groups is 1. The Balaban J connectivity index is 1.77. The number of amides is 1. The van der Waals surface area contributed by atoms with Gasteiger partial charge in [-0.05, 0) is 31.0 Å². The molecular weight excluding hydrogens is 250 g/mol. The predicted octanol–water partition coefficient (Wildman–Crippen LogP) is 2.13. The maximum Gasteiger partial charge on any atom is 0.225 e. The van der Waals surface area contributed by atoms with Gasteiger partial charge in [0.2, 0.25) is 5.91 Å². The van der Waals surface area contributed by atoms with Gasteiger partial charge in [-0.15, -0.1) is 0 Å². The summed E-state index contributed by atoms with van der Waals surface area (Å²) < 4.78 is 0. The van der Waals surface area contributed by atoms with E-state index >= 15 is 0 Å². The van der Waals surface area contributed by atoms with Crippen LogP contribution in [0.25, 0.3) is 0 Å². The van der Waals surface area contributed by atoms with Crippen LogP contribution in [0.1, 0.15) is 25.3 Å². The van der Waals surface area contributed by atoms with Gasteiger partial charge in [0.25, 0.3) is 0 Å². The van der Waals surface area contributed by atoms with E-state index in [2.05, 4.69) is 23.2 Å². The second-order valence-corrected chi connectivity index (χ2v) is 5.30. The second kappa shape index (κ2) is 7.22. The van der Waals surface area contributed by atoms with Gasteiger partial charge in [-0.25, -0.2) is 0 Å². The Morgan fingerprint density at radius 1 is 1.45 bits per heavy atom. The number of hydrogen-bond acceptors (Lipinski definition) is 3. The zero-order valence-electron chi connectivity index (χ0n) is 12.1. The molecule has 0 aromatic heterocycles. The van der Waals surface area contributed by atoms with Gasteiger partial charge in [-0.1, -0.05) is 23.8 Å². The van der Waals surface area contributed by atoms with Gasteiger partial charge in [-0.3, -0.25) is 9.69 Å². The van der Waals surface area contributed by atoms with Crippen molar-refractivity contribution in [2.24, 2.45) is 5.73 Å². The van der Waals surface area contributed by atoms with Gasteiger partial charge in [0.05, 0.1) is 0 Å². The van der Waals surface area contributed by atoms with Crippen molar-refractivity contribution >= 4 is 11.6 Å². The largest absolute Gasteiger partial charge is 0.326 e. The topological polar surface area (TPSA) is 58.4 Å². The van der Waals surface area contributed by atoms with Crippen LogP contribution in [0.5, 0.6) is 0 Å². The molecule has 0 saturated carbocycles. The van der Waals surface area contributed by atoms with Gasteiger partial charge >= 0.3 is 0 Å². The van der Waals surface area contributed by atoms with Crippen LogP contribution in [0, 0.1) is 0 Å². The molecule has 0 radical (unpaired) electrons. The van der Waals surface area contributed by atoms with Crippen molar-refractivity contribution in [3.63, 3.8) is 0 Å². The summed E-state index contributed by atoms with van der Waals surface area (Å²) >= 11 is 0. The van der Waals surface area contributed by atoms with E-state index in [0.717, 1.165) is 37.3 Å². The first-order valence-electron chi connectivity index (χ1n) is 7.14. The normalized spacial score (nSPS) is 15.8. The molecule has 3 N–H and O–H groups in total. The highest BCUT2D eigenvalue weighted by atomic mass is 16.1. The number of carbonyl (C=O) groups excluding carboxylic acids is 1. The summed E-state index contributed by atoms with van der Waals surface area (Å²) in [6.07, 6.45) is 3.88. The Hall–Kier alpha value is -1.65. The highest BCUT2D eigenvalue weighted by Gasteiger charge is 2.11. The first kappa shape index (κ1) is 14.8. The third-order valence-electron chi connectivity index (χ3n) is 3.62. The van der Waals surface area contributed by atoms with Crippen molar-refractivity contribution in [3.8, 4) is 0 Å². The van der Waals surface area contributed by atoms with Gasteiger partial charge in [0.1, 0.15) is 0 Å². The van der Waals surface area contributed by atoms with Crippen LogP contribution in [-0.2, 0) is 11.3 Å².